The quantitative estimate of drug-likeness (QED) is 0.776. The Bertz CT molecular complexity index is 375. The Balaban J connectivity index is 1.84. The topological polar surface area (TPSA) is 50.7 Å². The first-order valence-electron chi connectivity index (χ1n) is 6.94. The average Bonchev–Trinajstić information content (AvgIpc) is 2.42. The Labute approximate surface area is 114 Å². The molecule has 4 nitrogen and oxygen atoms in total. The molecule has 2 rings (SSSR count). The van der Waals surface area contributed by atoms with Crippen molar-refractivity contribution in [2.24, 2.45) is 0 Å². The monoisotopic (exact) mass is 265 g/mol. The van der Waals surface area contributed by atoms with E-state index in [1.807, 2.05) is 24.3 Å². The third-order valence-electron chi connectivity index (χ3n) is 3.46. The molecule has 1 aromatic rings. The number of rotatable bonds is 6. The molecule has 0 heterocycles. The van der Waals surface area contributed by atoms with E-state index in [9.17, 15) is 5.11 Å². The predicted octanol–water partition coefficient (Wildman–Crippen LogP) is 2.43. The molecule has 0 amide bonds. The van der Waals surface area contributed by atoms with Crippen molar-refractivity contribution < 1.29 is 14.6 Å². The lowest BCUT2D eigenvalue weighted by molar-refractivity contribution is 0.126. The van der Waals surface area contributed by atoms with Crippen LogP contribution in [0.4, 0.5) is 5.69 Å². The number of aliphatic hydroxyl groups excluding tert-OH is 1. The molecule has 19 heavy (non-hydrogen) atoms. The fourth-order valence-corrected chi connectivity index (χ4v) is 2.37. The predicted molar refractivity (Wildman–Crippen MR) is 75.7 cm³/mol. The highest BCUT2D eigenvalue weighted by Crippen LogP contribution is 2.24. The van der Waals surface area contributed by atoms with Crippen molar-refractivity contribution in [2.75, 3.05) is 25.6 Å². The zero-order valence-electron chi connectivity index (χ0n) is 11.5. The number of anilines is 1. The highest BCUT2D eigenvalue weighted by molar-refractivity contribution is 5.48. The Morgan fingerprint density at radius 3 is 2.74 bits per heavy atom. The molecule has 2 N–H and O–H groups in total. The summed E-state index contributed by atoms with van der Waals surface area (Å²) in [5, 5.41) is 13.0. The second-order valence-electron chi connectivity index (χ2n) is 5.02. The molecule has 1 saturated carbocycles. The molecule has 1 aromatic carbocycles. The largest absolute Gasteiger partial charge is 0.491 e. The molecule has 0 radical (unpaired) electrons. The number of nitrogens with one attached hydrogen (secondary N) is 1. The summed E-state index contributed by atoms with van der Waals surface area (Å²) < 4.78 is 10.5. The van der Waals surface area contributed by atoms with E-state index in [0.717, 1.165) is 37.1 Å². The van der Waals surface area contributed by atoms with Gasteiger partial charge in [-0.1, -0.05) is 6.07 Å². The van der Waals surface area contributed by atoms with Gasteiger partial charge in [-0.3, -0.25) is 0 Å². The molecule has 1 aliphatic rings. The van der Waals surface area contributed by atoms with E-state index in [-0.39, 0.29) is 6.10 Å². The number of aliphatic hydroxyl groups is 1. The Morgan fingerprint density at radius 2 is 2.00 bits per heavy atom. The van der Waals surface area contributed by atoms with Gasteiger partial charge in [-0.15, -0.1) is 0 Å². The molecular formula is C15H23NO3. The van der Waals surface area contributed by atoms with Crippen molar-refractivity contribution in [2.45, 2.75) is 37.8 Å². The van der Waals surface area contributed by atoms with Gasteiger partial charge in [0, 0.05) is 24.9 Å². The van der Waals surface area contributed by atoms with Gasteiger partial charge >= 0.3 is 0 Å². The molecule has 0 aromatic heterocycles. The number of hydrogen-bond acceptors (Lipinski definition) is 4. The van der Waals surface area contributed by atoms with Crippen LogP contribution < -0.4 is 10.1 Å². The van der Waals surface area contributed by atoms with E-state index in [0.29, 0.717) is 19.3 Å². The molecular weight excluding hydrogens is 242 g/mol. The third kappa shape index (κ3) is 4.73. The summed E-state index contributed by atoms with van der Waals surface area (Å²) in [5.74, 6) is 0.859. The SMILES string of the molecule is COCCOc1cccc(NC2CCC(O)CC2)c1. The smallest absolute Gasteiger partial charge is 0.121 e. The van der Waals surface area contributed by atoms with E-state index < -0.39 is 0 Å². The van der Waals surface area contributed by atoms with Crippen LogP contribution in [0.2, 0.25) is 0 Å². The maximum atomic E-state index is 9.50. The van der Waals surface area contributed by atoms with Gasteiger partial charge in [-0.25, -0.2) is 0 Å². The first-order chi connectivity index (χ1) is 9.28. The molecule has 0 bridgehead atoms. The zero-order chi connectivity index (χ0) is 13.5. The highest BCUT2D eigenvalue weighted by Gasteiger charge is 2.18. The lowest BCUT2D eigenvalue weighted by Gasteiger charge is -2.27. The van der Waals surface area contributed by atoms with Gasteiger partial charge in [0.25, 0.3) is 0 Å². The minimum Gasteiger partial charge on any atom is -0.491 e. The van der Waals surface area contributed by atoms with Crippen LogP contribution in [0.5, 0.6) is 5.75 Å². The van der Waals surface area contributed by atoms with Crippen molar-refractivity contribution in [1.82, 2.24) is 0 Å². The maximum absolute atomic E-state index is 9.50. The van der Waals surface area contributed by atoms with E-state index in [1.165, 1.54) is 0 Å². The fraction of sp³-hybridized carbons (Fsp3) is 0.600. The minimum absolute atomic E-state index is 0.109. The average molecular weight is 265 g/mol. The van der Waals surface area contributed by atoms with Crippen LogP contribution >= 0.6 is 0 Å². The van der Waals surface area contributed by atoms with Crippen molar-refractivity contribution in [1.29, 1.82) is 0 Å². The summed E-state index contributed by atoms with van der Waals surface area (Å²) in [6.45, 7) is 1.16. The van der Waals surface area contributed by atoms with Crippen LogP contribution in [0.1, 0.15) is 25.7 Å². The Hall–Kier alpha value is -1.26. The van der Waals surface area contributed by atoms with Gasteiger partial charge in [-0.2, -0.15) is 0 Å². The van der Waals surface area contributed by atoms with Crippen molar-refractivity contribution in [3.05, 3.63) is 24.3 Å². The van der Waals surface area contributed by atoms with Gasteiger partial charge in [0.15, 0.2) is 0 Å². The number of hydrogen-bond donors (Lipinski definition) is 2. The number of ether oxygens (including phenoxy) is 2. The molecule has 1 aliphatic carbocycles. The van der Waals surface area contributed by atoms with Crippen LogP contribution in [0.15, 0.2) is 24.3 Å². The van der Waals surface area contributed by atoms with Gasteiger partial charge < -0.3 is 19.9 Å². The molecule has 1 fully saturated rings. The van der Waals surface area contributed by atoms with Gasteiger partial charge in [0.1, 0.15) is 12.4 Å². The molecule has 0 aliphatic heterocycles. The summed E-state index contributed by atoms with van der Waals surface area (Å²) in [5.41, 5.74) is 1.08. The molecule has 0 saturated heterocycles. The van der Waals surface area contributed by atoms with Crippen molar-refractivity contribution >= 4 is 5.69 Å². The zero-order valence-corrected chi connectivity index (χ0v) is 11.5. The van der Waals surface area contributed by atoms with Crippen LogP contribution in [0.25, 0.3) is 0 Å². The maximum Gasteiger partial charge on any atom is 0.121 e. The number of benzene rings is 1. The summed E-state index contributed by atoms with van der Waals surface area (Å²) in [4.78, 5) is 0. The van der Waals surface area contributed by atoms with Crippen LogP contribution in [-0.4, -0.2) is 37.6 Å². The minimum atomic E-state index is -0.109. The standard InChI is InChI=1S/C15H23NO3/c1-18-9-10-19-15-4-2-3-13(11-15)16-12-5-7-14(17)8-6-12/h2-4,11-12,14,16-17H,5-10H2,1H3. The van der Waals surface area contributed by atoms with Crippen molar-refractivity contribution in [3.8, 4) is 5.75 Å². The second kappa shape index (κ2) is 7.36. The Kier molecular flexibility index (Phi) is 5.48. The van der Waals surface area contributed by atoms with Crippen LogP contribution in [-0.2, 0) is 4.74 Å². The van der Waals surface area contributed by atoms with Gasteiger partial charge in [-0.05, 0) is 37.8 Å². The normalized spacial score (nSPS) is 23.1. The van der Waals surface area contributed by atoms with E-state index in [2.05, 4.69) is 5.32 Å². The van der Waals surface area contributed by atoms with E-state index in [1.54, 1.807) is 7.11 Å². The first kappa shape index (κ1) is 14.2. The third-order valence-corrected chi connectivity index (χ3v) is 3.46. The first-order valence-corrected chi connectivity index (χ1v) is 6.94. The molecule has 0 atom stereocenters. The summed E-state index contributed by atoms with van der Waals surface area (Å²) in [7, 11) is 1.67. The lowest BCUT2D eigenvalue weighted by Crippen LogP contribution is -2.28. The fourth-order valence-electron chi connectivity index (χ4n) is 2.37. The Morgan fingerprint density at radius 1 is 1.21 bits per heavy atom. The van der Waals surface area contributed by atoms with Crippen LogP contribution in [0, 0.1) is 0 Å². The summed E-state index contributed by atoms with van der Waals surface area (Å²) in [6, 6.07) is 8.46. The highest BCUT2D eigenvalue weighted by atomic mass is 16.5. The van der Waals surface area contributed by atoms with E-state index >= 15 is 0 Å². The van der Waals surface area contributed by atoms with Crippen molar-refractivity contribution in [3.63, 3.8) is 0 Å². The molecule has 0 unspecified atom stereocenters. The summed E-state index contributed by atoms with van der Waals surface area (Å²) in [6.07, 6.45) is 3.72. The van der Waals surface area contributed by atoms with Gasteiger partial charge in [0.2, 0.25) is 0 Å². The lowest BCUT2D eigenvalue weighted by atomic mass is 9.93. The number of methoxy groups -OCH3 is 1. The molecule has 0 spiro atoms. The molecule has 4 heteroatoms. The second-order valence-corrected chi connectivity index (χ2v) is 5.02. The summed E-state index contributed by atoms with van der Waals surface area (Å²) >= 11 is 0. The van der Waals surface area contributed by atoms with Crippen LogP contribution in [0.3, 0.4) is 0 Å². The van der Waals surface area contributed by atoms with E-state index in [4.69, 9.17) is 9.47 Å². The molecule has 106 valence electrons. The van der Waals surface area contributed by atoms with Gasteiger partial charge in [0.05, 0.1) is 12.7 Å².